The topological polar surface area (TPSA) is 54.0 Å². The van der Waals surface area contributed by atoms with Crippen LogP contribution in [0.1, 0.15) is 19.8 Å². The van der Waals surface area contributed by atoms with Gasteiger partial charge in [-0.25, -0.2) is 0 Å². The highest BCUT2D eigenvalue weighted by molar-refractivity contribution is 5.85. The first-order chi connectivity index (χ1) is 12.2. The molecule has 1 fully saturated rings. The van der Waals surface area contributed by atoms with Crippen LogP contribution in [-0.4, -0.2) is 74.2 Å². The number of benzene rings is 1. The van der Waals surface area contributed by atoms with Crippen LogP contribution in [0.15, 0.2) is 24.3 Å². The fourth-order valence-electron chi connectivity index (χ4n) is 3.53. The van der Waals surface area contributed by atoms with Crippen LogP contribution in [0.3, 0.4) is 0 Å². The third-order valence-corrected chi connectivity index (χ3v) is 5.00. The number of carbonyl (C=O) groups excluding carboxylic acids is 1. The lowest BCUT2D eigenvalue weighted by Crippen LogP contribution is -2.50. The van der Waals surface area contributed by atoms with Gasteiger partial charge in [-0.2, -0.15) is 0 Å². The molecule has 1 aromatic carbocycles. The minimum atomic E-state index is -0.120. The van der Waals surface area contributed by atoms with E-state index in [1.807, 2.05) is 43.1 Å². The number of hydrogen-bond acceptors (Lipinski definition) is 5. The molecule has 1 amide bonds. The largest absolute Gasteiger partial charge is 0.486 e. The van der Waals surface area contributed by atoms with Gasteiger partial charge in [-0.05, 0) is 45.5 Å². The highest BCUT2D eigenvalue weighted by Gasteiger charge is 2.27. The van der Waals surface area contributed by atoms with Crippen molar-refractivity contribution in [2.45, 2.75) is 31.9 Å². The molecule has 0 spiro atoms. The van der Waals surface area contributed by atoms with E-state index in [0.717, 1.165) is 31.0 Å². The summed E-state index contributed by atoms with van der Waals surface area (Å²) in [6, 6.07) is 8.17. The molecule has 0 radical (unpaired) electrons. The van der Waals surface area contributed by atoms with Crippen molar-refractivity contribution in [3.8, 4) is 11.5 Å². The summed E-state index contributed by atoms with van der Waals surface area (Å²) in [4.78, 5) is 16.9. The third-order valence-electron chi connectivity index (χ3n) is 5.00. The van der Waals surface area contributed by atoms with Gasteiger partial charge in [-0.1, -0.05) is 12.1 Å². The van der Waals surface area contributed by atoms with Gasteiger partial charge in [0.15, 0.2) is 17.6 Å². The number of rotatable bonds is 6. The summed E-state index contributed by atoms with van der Waals surface area (Å²) in [5, 5.41) is 3.32. The quantitative estimate of drug-likeness (QED) is 0.811. The van der Waals surface area contributed by atoms with Crippen molar-refractivity contribution in [3.63, 3.8) is 0 Å². The molecular formula is C19H30ClN3O3. The molecule has 7 heteroatoms. The summed E-state index contributed by atoms with van der Waals surface area (Å²) >= 11 is 0. The first-order valence-electron chi connectivity index (χ1n) is 9.25. The minimum Gasteiger partial charge on any atom is -0.486 e. The second-order valence-electron chi connectivity index (χ2n) is 6.79. The van der Waals surface area contributed by atoms with Crippen molar-refractivity contribution in [1.82, 2.24) is 15.1 Å². The molecule has 2 unspecified atom stereocenters. The lowest BCUT2D eigenvalue weighted by molar-refractivity contribution is -0.134. The van der Waals surface area contributed by atoms with Crippen LogP contribution >= 0.6 is 12.4 Å². The number of likely N-dealkylation sites (N-methyl/N-ethyl adjacent to an activating group) is 2. The molecule has 3 rings (SSSR count). The molecule has 2 aliphatic rings. The van der Waals surface area contributed by atoms with Crippen LogP contribution in [0.5, 0.6) is 11.5 Å². The zero-order valence-electron chi connectivity index (χ0n) is 15.6. The molecule has 0 saturated carbocycles. The standard InChI is InChI=1S/C19H29N3O3.ClH/c1-3-22(19(23)13-21-10-6-7-15(11-21)20-2)12-16-14-24-17-8-4-5-9-18(17)25-16;/h4-5,8-9,15-16,20H,3,6-7,10-14H2,1-2H3;1H. The second-order valence-corrected chi connectivity index (χ2v) is 6.79. The molecule has 0 aliphatic carbocycles. The summed E-state index contributed by atoms with van der Waals surface area (Å²) in [7, 11) is 1.99. The second kappa shape index (κ2) is 10.00. The van der Waals surface area contributed by atoms with Crippen LogP contribution in [0.2, 0.25) is 0 Å². The summed E-state index contributed by atoms with van der Waals surface area (Å²) in [6.45, 7) is 6.16. The van der Waals surface area contributed by atoms with E-state index in [1.165, 1.54) is 6.42 Å². The normalized spacial score (nSPS) is 22.4. The molecule has 0 bridgehead atoms. The van der Waals surface area contributed by atoms with E-state index >= 15 is 0 Å². The van der Waals surface area contributed by atoms with Crippen molar-refractivity contribution >= 4 is 18.3 Å². The minimum absolute atomic E-state index is 0. The van der Waals surface area contributed by atoms with Gasteiger partial charge < -0.3 is 19.7 Å². The van der Waals surface area contributed by atoms with Gasteiger partial charge >= 0.3 is 0 Å². The first-order valence-corrected chi connectivity index (χ1v) is 9.25. The van der Waals surface area contributed by atoms with E-state index in [1.54, 1.807) is 0 Å². The van der Waals surface area contributed by atoms with Gasteiger partial charge in [0.1, 0.15) is 6.61 Å². The van der Waals surface area contributed by atoms with E-state index in [9.17, 15) is 4.79 Å². The maximum absolute atomic E-state index is 12.7. The van der Waals surface area contributed by atoms with E-state index in [2.05, 4.69) is 10.2 Å². The molecule has 2 heterocycles. The van der Waals surface area contributed by atoms with Gasteiger partial charge in [0.25, 0.3) is 0 Å². The molecule has 26 heavy (non-hydrogen) atoms. The Hall–Kier alpha value is -1.50. The smallest absolute Gasteiger partial charge is 0.236 e. The summed E-state index contributed by atoms with van der Waals surface area (Å²) in [5.41, 5.74) is 0. The predicted octanol–water partition coefficient (Wildman–Crippen LogP) is 1.78. The predicted molar refractivity (Wildman–Crippen MR) is 104 cm³/mol. The third kappa shape index (κ3) is 5.25. The maximum atomic E-state index is 12.7. The highest BCUT2D eigenvalue weighted by Crippen LogP contribution is 2.31. The zero-order valence-corrected chi connectivity index (χ0v) is 16.5. The molecule has 1 N–H and O–H groups in total. The van der Waals surface area contributed by atoms with Gasteiger partial charge in [0, 0.05) is 19.1 Å². The Morgan fingerprint density at radius 3 is 2.85 bits per heavy atom. The molecule has 2 aliphatic heterocycles. The van der Waals surface area contributed by atoms with Crippen LogP contribution in [0.25, 0.3) is 0 Å². The monoisotopic (exact) mass is 383 g/mol. The number of para-hydroxylation sites is 2. The number of amides is 1. The lowest BCUT2D eigenvalue weighted by atomic mass is 10.1. The average Bonchev–Trinajstić information content (AvgIpc) is 2.66. The Bertz CT molecular complexity index is 587. The van der Waals surface area contributed by atoms with Crippen molar-refractivity contribution in [2.75, 3.05) is 46.4 Å². The summed E-state index contributed by atoms with van der Waals surface area (Å²) in [5.74, 6) is 1.71. The van der Waals surface area contributed by atoms with Crippen LogP contribution < -0.4 is 14.8 Å². The Morgan fingerprint density at radius 1 is 1.35 bits per heavy atom. The zero-order chi connectivity index (χ0) is 17.6. The highest BCUT2D eigenvalue weighted by atomic mass is 35.5. The SMILES string of the molecule is CCN(CC1COc2ccccc2O1)C(=O)CN1CCCC(NC)C1.Cl. The molecule has 1 saturated heterocycles. The van der Waals surface area contributed by atoms with E-state index in [0.29, 0.717) is 32.3 Å². The molecule has 6 nitrogen and oxygen atoms in total. The fourth-order valence-corrected chi connectivity index (χ4v) is 3.53. The van der Waals surface area contributed by atoms with Crippen LogP contribution in [0, 0.1) is 0 Å². The lowest BCUT2D eigenvalue weighted by Gasteiger charge is -2.35. The average molecular weight is 384 g/mol. The number of ether oxygens (including phenoxy) is 2. The number of nitrogens with zero attached hydrogens (tertiary/aromatic N) is 2. The van der Waals surface area contributed by atoms with Gasteiger partial charge in [-0.15, -0.1) is 12.4 Å². The Labute approximate surface area is 162 Å². The number of halogens is 1. The fraction of sp³-hybridized carbons (Fsp3) is 0.632. The molecule has 2 atom stereocenters. The van der Waals surface area contributed by atoms with Gasteiger partial charge in [-0.3, -0.25) is 9.69 Å². The van der Waals surface area contributed by atoms with Crippen LogP contribution in [0.4, 0.5) is 0 Å². The number of fused-ring (bicyclic) bond motifs is 1. The van der Waals surface area contributed by atoms with Crippen molar-refractivity contribution in [2.24, 2.45) is 0 Å². The summed E-state index contributed by atoms with van der Waals surface area (Å²) in [6.07, 6.45) is 2.21. The Kier molecular flexibility index (Phi) is 8.00. The summed E-state index contributed by atoms with van der Waals surface area (Å²) < 4.78 is 11.8. The van der Waals surface area contributed by atoms with Crippen molar-refractivity contribution in [1.29, 1.82) is 0 Å². The van der Waals surface area contributed by atoms with E-state index in [-0.39, 0.29) is 24.4 Å². The first kappa shape index (κ1) is 20.8. The van der Waals surface area contributed by atoms with E-state index in [4.69, 9.17) is 9.47 Å². The number of likely N-dealkylation sites (tertiary alicyclic amines) is 1. The maximum Gasteiger partial charge on any atom is 0.236 e. The molecule has 0 aromatic heterocycles. The number of piperidine rings is 1. The van der Waals surface area contributed by atoms with Gasteiger partial charge in [0.05, 0.1) is 13.1 Å². The number of hydrogen-bond donors (Lipinski definition) is 1. The van der Waals surface area contributed by atoms with Gasteiger partial charge in [0.2, 0.25) is 5.91 Å². The Morgan fingerprint density at radius 2 is 2.12 bits per heavy atom. The number of nitrogens with one attached hydrogen (secondary N) is 1. The molecule has 146 valence electrons. The van der Waals surface area contributed by atoms with Crippen molar-refractivity contribution < 1.29 is 14.3 Å². The molecule has 1 aromatic rings. The molecular weight excluding hydrogens is 354 g/mol. The van der Waals surface area contributed by atoms with Crippen molar-refractivity contribution in [3.05, 3.63) is 24.3 Å². The van der Waals surface area contributed by atoms with Crippen LogP contribution in [-0.2, 0) is 4.79 Å². The van der Waals surface area contributed by atoms with E-state index < -0.39 is 0 Å². The number of carbonyl (C=O) groups is 1. The Balaban J connectivity index is 0.00000243.